The summed E-state index contributed by atoms with van der Waals surface area (Å²) in [5.41, 5.74) is 1.44. The van der Waals surface area contributed by atoms with Gasteiger partial charge in [0, 0.05) is 0 Å². The molecule has 3 aliphatic heterocycles. The first-order valence-electron chi connectivity index (χ1n) is 7.28. The van der Waals surface area contributed by atoms with Crippen molar-refractivity contribution in [3.05, 3.63) is 16.2 Å². The van der Waals surface area contributed by atoms with Crippen molar-refractivity contribution < 1.29 is 14.2 Å². The van der Waals surface area contributed by atoms with E-state index in [9.17, 15) is 4.79 Å². The van der Waals surface area contributed by atoms with Crippen molar-refractivity contribution >= 4 is 11.2 Å². The van der Waals surface area contributed by atoms with Gasteiger partial charge in [-0.3, -0.25) is 0 Å². The van der Waals surface area contributed by atoms with Gasteiger partial charge in [-0.25, -0.2) is 14.0 Å². The normalized spacial score (nSPS) is 34.9. The molecular weight excluding hydrogens is 290 g/mol. The minimum Gasteiger partial charge on any atom is -0.347 e. The lowest BCUT2D eigenvalue weighted by molar-refractivity contribution is -0.196. The molecule has 0 spiro atoms. The Morgan fingerprint density at radius 1 is 1.27 bits per heavy atom. The van der Waals surface area contributed by atoms with Crippen LogP contribution in [-0.4, -0.2) is 48.6 Å². The van der Waals surface area contributed by atoms with Crippen LogP contribution in [0.1, 0.15) is 25.8 Å². The van der Waals surface area contributed by atoms with E-state index >= 15 is 0 Å². The quantitative estimate of drug-likeness (QED) is 0.661. The van der Waals surface area contributed by atoms with Crippen molar-refractivity contribution in [1.29, 1.82) is 0 Å². The van der Waals surface area contributed by atoms with Gasteiger partial charge in [-0.2, -0.15) is 4.98 Å². The maximum atomic E-state index is 12.5. The van der Waals surface area contributed by atoms with Crippen LogP contribution in [0, 0.1) is 6.92 Å². The van der Waals surface area contributed by atoms with E-state index < -0.39 is 12.0 Å². The van der Waals surface area contributed by atoms with Gasteiger partial charge in [0.1, 0.15) is 18.3 Å². The fraction of sp³-hybridized carbons (Fsp3) is 0.692. The van der Waals surface area contributed by atoms with Crippen LogP contribution in [0.2, 0.25) is 0 Å². The number of aryl methyl sites for hydroxylation is 1. The van der Waals surface area contributed by atoms with Gasteiger partial charge < -0.3 is 14.2 Å². The molecule has 22 heavy (non-hydrogen) atoms. The highest BCUT2D eigenvalue weighted by atomic mass is 16.8. The molecular formula is C13H15N5O4. The maximum absolute atomic E-state index is 12.5. The SMILES string of the molecule is Cc1nc(=O)n2c3c1nnn3C[C@H]1O[C@@H]2C2OC(C)(C)O[C@H]21. The van der Waals surface area contributed by atoms with E-state index in [2.05, 4.69) is 15.3 Å². The largest absolute Gasteiger partial charge is 0.351 e. The summed E-state index contributed by atoms with van der Waals surface area (Å²) in [5, 5.41) is 8.29. The van der Waals surface area contributed by atoms with E-state index in [0.29, 0.717) is 23.4 Å². The second-order valence-electron chi connectivity index (χ2n) is 6.42. The highest BCUT2D eigenvalue weighted by Crippen LogP contribution is 2.44. The number of ether oxygens (including phenoxy) is 3. The van der Waals surface area contributed by atoms with Gasteiger partial charge >= 0.3 is 5.69 Å². The summed E-state index contributed by atoms with van der Waals surface area (Å²) < 4.78 is 21.1. The third kappa shape index (κ3) is 1.43. The van der Waals surface area contributed by atoms with E-state index in [4.69, 9.17) is 14.2 Å². The van der Waals surface area contributed by atoms with Crippen molar-refractivity contribution in [1.82, 2.24) is 24.5 Å². The van der Waals surface area contributed by atoms with Gasteiger partial charge in [-0.15, -0.1) is 5.10 Å². The van der Waals surface area contributed by atoms with Crippen LogP contribution < -0.4 is 5.69 Å². The first-order valence-corrected chi connectivity index (χ1v) is 7.28. The Kier molecular flexibility index (Phi) is 2.15. The second-order valence-corrected chi connectivity index (χ2v) is 6.42. The standard InChI is InChI=1S/C13H15N5O4/c1-5-7-10-17(16-15-7)4-6-8-9(22-13(2,3)21-8)11(20-6)18(10)12(19)14-5/h6,8-9,11H,4H2,1-3H3/t6-,8+,9?,11-/m1/s1. The number of aromatic nitrogens is 5. The summed E-state index contributed by atoms with van der Waals surface area (Å²) in [6.07, 6.45) is -1.38. The Balaban J connectivity index is 1.78. The molecule has 9 heteroatoms. The Hall–Kier alpha value is -1.84. The third-order valence-electron chi connectivity index (χ3n) is 4.48. The second kappa shape index (κ2) is 3.73. The van der Waals surface area contributed by atoms with Crippen LogP contribution in [-0.2, 0) is 20.8 Å². The molecule has 0 aromatic carbocycles. The minimum absolute atomic E-state index is 0.235. The molecule has 0 saturated carbocycles. The first kappa shape index (κ1) is 12.7. The van der Waals surface area contributed by atoms with Crippen molar-refractivity contribution in [2.75, 3.05) is 0 Å². The molecule has 2 aromatic rings. The fourth-order valence-electron chi connectivity index (χ4n) is 3.66. The van der Waals surface area contributed by atoms with E-state index in [1.54, 1.807) is 11.6 Å². The van der Waals surface area contributed by atoms with Crippen LogP contribution in [0.4, 0.5) is 0 Å². The Labute approximate surface area is 124 Å². The summed E-state index contributed by atoms with van der Waals surface area (Å²) >= 11 is 0. The molecule has 5 rings (SSSR count). The fourth-order valence-corrected chi connectivity index (χ4v) is 3.66. The van der Waals surface area contributed by atoms with Gasteiger partial charge in [0.25, 0.3) is 0 Å². The predicted molar refractivity (Wildman–Crippen MR) is 72.1 cm³/mol. The number of rotatable bonds is 0. The van der Waals surface area contributed by atoms with Crippen molar-refractivity contribution in [3.63, 3.8) is 0 Å². The van der Waals surface area contributed by atoms with Crippen molar-refractivity contribution in [3.8, 4) is 0 Å². The predicted octanol–water partition coefficient (Wildman–Crippen LogP) is -0.272. The number of hydrogen-bond acceptors (Lipinski definition) is 7. The van der Waals surface area contributed by atoms with E-state index in [1.165, 1.54) is 4.57 Å². The van der Waals surface area contributed by atoms with Gasteiger partial charge in [0.05, 0.1) is 12.2 Å². The molecule has 2 aromatic heterocycles. The molecule has 0 radical (unpaired) electrons. The Morgan fingerprint density at radius 2 is 2.05 bits per heavy atom. The van der Waals surface area contributed by atoms with Crippen LogP contribution in [0.5, 0.6) is 0 Å². The maximum Gasteiger partial charge on any atom is 0.351 e. The average molecular weight is 305 g/mol. The van der Waals surface area contributed by atoms with Crippen LogP contribution in [0.15, 0.2) is 4.79 Å². The summed E-state index contributed by atoms with van der Waals surface area (Å²) in [5.74, 6) is -0.693. The van der Waals surface area contributed by atoms with E-state index in [1.807, 2.05) is 13.8 Å². The molecule has 0 N–H and O–H groups in total. The monoisotopic (exact) mass is 305 g/mol. The summed E-state index contributed by atoms with van der Waals surface area (Å²) in [6.45, 7) is 5.95. The zero-order valence-electron chi connectivity index (χ0n) is 12.4. The minimum atomic E-state index is -0.693. The number of hydrogen-bond donors (Lipinski definition) is 0. The highest BCUT2D eigenvalue weighted by molar-refractivity contribution is 5.72. The topological polar surface area (TPSA) is 93.3 Å². The molecule has 9 nitrogen and oxygen atoms in total. The molecule has 4 atom stereocenters. The van der Waals surface area contributed by atoms with Gasteiger partial charge in [0.15, 0.2) is 23.2 Å². The summed E-state index contributed by atoms with van der Waals surface area (Å²) in [7, 11) is 0. The molecule has 0 aliphatic carbocycles. The lowest BCUT2D eigenvalue weighted by atomic mass is 10.1. The van der Waals surface area contributed by atoms with Crippen LogP contribution >= 0.6 is 0 Å². The molecule has 116 valence electrons. The zero-order chi connectivity index (χ0) is 15.2. The third-order valence-corrected chi connectivity index (χ3v) is 4.48. The first-order chi connectivity index (χ1) is 10.4. The Morgan fingerprint density at radius 3 is 2.86 bits per heavy atom. The summed E-state index contributed by atoms with van der Waals surface area (Å²) in [4.78, 5) is 16.5. The number of fused-ring (bicyclic) bond motifs is 6. The molecule has 0 amide bonds. The smallest absolute Gasteiger partial charge is 0.347 e. The number of nitrogens with zero attached hydrogens (tertiary/aromatic N) is 5. The van der Waals surface area contributed by atoms with Gasteiger partial charge in [-0.05, 0) is 20.8 Å². The molecule has 2 saturated heterocycles. The summed E-state index contributed by atoms with van der Waals surface area (Å²) in [6, 6.07) is 0. The van der Waals surface area contributed by atoms with E-state index in [-0.39, 0.29) is 24.0 Å². The molecule has 2 bridgehead atoms. The molecule has 2 fully saturated rings. The van der Waals surface area contributed by atoms with Crippen LogP contribution in [0.3, 0.4) is 0 Å². The highest BCUT2D eigenvalue weighted by Gasteiger charge is 2.57. The lowest BCUT2D eigenvalue weighted by Crippen LogP contribution is -2.37. The van der Waals surface area contributed by atoms with Gasteiger partial charge in [-0.1, -0.05) is 5.21 Å². The lowest BCUT2D eigenvalue weighted by Gasteiger charge is -2.23. The molecule has 1 unspecified atom stereocenters. The van der Waals surface area contributed by atoms with Crippen molar-refractivity contribution in [2.45, 2.75) is 57.6 Å². The molecule has 5 heterocycles. The molecule has 3 aliphatic rings. The average Bonchev–Trinajstić information content (AvgIpc) is 3.01. The van der Waals surface area contributed by atoms with Gasteiger partial charge in [0.2, 0.25) is 0 Å². The Bertz CT molecular complexity index is 856. The van der Waals surface area contributed by atoms with Crippen LogP contribution in [0.25, 0.3) is 11.2 Å². The zero-order valence-corrected chi connectivity index (χ0v) is 12.4. The van der Waals surface area contributed by atoms with Crippen molar-refractivity contribution in [2.24, 2.45) is 0 Å². The van der Waals surface area contributed by atoms with E-state index in [0.717, 1.165) is 0 Å².